The molecule has 18 heavy (non-hydrogen) atoms. The first-order valence-corrected chi connectivity index (χ1v) is 7.30. The molecule has 98 valence electrons. The molecular formula is C16H23NO. The fourth-order valence-electron chi connectivity index (χ4n) is 3.39. The zero-order valence-corrected chi connectivity index (χ0v) is 11.2. The summed E-state index contributed by atoms with van der Waals surface area (Å²) in [7, 11) is 0. The van der Waals surface area contributed by atoms with Crippen LogP contribution in [0.3, 0.4) is 0 Å². The number of nitrogens with one attached hydrogen (secondary N) is 1. The van der Waals surface area contributed by atoms with Crippen molar-refractivity contribution in [3.63, 3.8) is 0 Å². The van der Waals surface area contributed by atoms with Gasteiger partial charge in [-0.25, -0.2) is 0 Å². The van der Waals surface area contributed by atoms with Gasteiger partial charge in [-0.2, -0.15) is 0 Å². The third kappa shape index (κ3) is 2.54. The number of hydrogen-bond acceptors (Lipinski definition) is 2. The van der Waals surface area contributed by atoms with Crippen molar-refractivity contribution < 1.29 is 4.74 Å². The number of hydrogen-bond donors (Lipinski definition) is 1. The molecule has 3 unspecified atom stereocenters. The Kier molecular flexibility index (Phi) is 3.55. The van der Waals surface area contributed by atoms with E-state index in [0.717, 1.165) is 24.7 Å². The van der Waals surface area contributed by atoms with Crippen molar-refractivity contribution in [2.75, 3.05) is 6.61 Å². The second kappa shape index (κ2) is 5.31. The Morgan fingerprint density at radius 1 is 1.17 bits per heavy atom. The number of fused-ring (bicyclic) bond motifs is 1. The molecule has 0 amide bonds. The van der Waals surface area contributed by atoms with E-state index in [1.807, 2.05) is 0 Å². The predicted molar refractivity (Wildman–Crippen MR) is 73.9 cm³/mol. The summed E-state index contributed by atoms with van der Waals surface area (Å²) >= 11 is 0. The van der Waals surface area contributed by atoms with Crippen LogP contribution in [0.5, 0.6) is 5.75 Å². The van der Waals surface area contributed by atoms with Crippen LogP contribution in [0.25, 0.3) is 0 Å². The van der Waals surface area contributed by atoms with Crippen molar-refractivity contribution in [1.82, 2.24) is 5.32 Å². The zero-order chi connectivity index (χ0) is 12.4. The topological polar surface area (TPSA) is 21.3 Å². The van der Waals surface area contributed by atoms with Gasteiger partial charge in [0.15, 0.2) is 0 Å². The predicted octanol–water partition coefficient (Wildman–Crippen LogP) is 3.68. The third-order valence-corrected chi connectivity index (χ3v) is 4.33. The molecule has 0 saturated heterocycles. The molecule has 1 aromatic carbocycles. The molecule has 1 heterocycles. The van der Waals surface area contributed by atoms with Gasteiger partial charge in [-0.3, -0.25) is 0 Å². The van der Waals surface area contributed by atoms with Gasteiger partial charge < -0.3 is 10.1 Å². The van der Waals surface area contributed by atoms with Crippen LogP contribution in [0.4, 0.5) is 0 Å². The van der Waals surface area contributed by atoms with Crippen LogP contribution >= 0.6 is 0 Å². The van der Waals surface area contributed by atoms with Crippen molar-refractivity contribution in [3.8, 4) is 5.75 Å². The zero-order valence-electron chi connectivity index (χ0n) is 11.2. The highest BCUT2D eigenvalue weighted by Gasteiger charge is 2.25. The molecule has 1 N–H and O–H groups in total. The molecular weight excluding hydrogens is 222 g/mol. The van der Waals surface area contributed by atoms with E-state index >= 15 is 0 Å². The van der Waals surface area contributed by atoms with E-state index < -0.39 is 0 Å². The fourth-order valence-corrected chi connectivity index (χ4v) is 3.39. The molecule has 1 aromatic rings. The largest absolute Gasteiger partial charge is 0.493 e. The second-order valence-corrected chi connectivity index (χ2v) is 5.86. The van der Waals surface area contributed by atoms with Gasteiger partial charge in [0, 0.05) is 24.1 Å². The van der Waals surface area contributed by atoms with E-state index in [4.69, 9.17) is 4.74 Å². The van der Waals surface area contributed by atoms with Gasteiger partial charge in [0.1, 0.15) is 5.75 Å². The van der Waals surface area contributed by atoms with Gasteiger partial charge in [-0.05, 0) is 24.8 Å². The average molecular weight is 245 g/mol. The SMILES string of the molecule is CC1CCCC(NC2CCOc3ccccc32)C1. The van der Waals surface area contributed by atoms with Crippen molar-refractivity contribution in [2.45, 2.75) is 51.1 Å². The van der Waals surface area contributed by atoms with Crippen LogP contribution in [0.1, 0.15) is 50.6 Å². The van der Waals surface area contributed by atoms with E-state index in [2.05, 4.69) is 36.5 Å². The van der Waals surface area contributed by atoms with Crippen molar-refractivity contribution in [3.05, 3.63) is 29.8 Å². The van der Waals surface area contributed by atoms with Gasteiger partial charge in [0.2, 0.25) is 0 Å². The summed E-state index contributed by atoms with van der Waals surface area (Å²) in [6.45, 7) is 3.22. The van der Waals surface area contributed by atoms with Crippen LogP contribution < -0.4 is 10.1 Å². The molecule has 0 radical (unpaired) electrons. The molecule has 1 aliphatic heterocycles. The molecule has 2 heteroatoms. The Morgan fingerprint density at radius 2 is 2.06 bits per heavy atom. The summed E-state index contributed by atoms with van der Waals surface area (Å²) in [4.78, 5) is 0. The summed E-state index contributed by atoms with van der Waals surface area (Å²) in [5, 5.41) is 3.86. The van der Waals surface area contributed by atoms with Crippen molar-refractivity contribution >= 4 is 0 Å². The number of para-hydroxylation sites is 1. The molecule has 2 aliphatic rings. The van der Waals surface area contributed by atoms with E-state index in [1.165, 1.54) is 31.2 Å². The standard InChI is InChI=1S/C16H23NO/c1-12-5-4-6-13(11-12)17-15-9-10-18-16-8-3-2-7-14(15)16/h2-3,7-8,12-13,15,17H,4-6,9-11H2,1H3. The highest BCUT2D eigenvalue weighted by Crippen LogP contribution is 2.33. The van der Waals surface area contributed by atoms with Crippen molar-refractivity contribution in [1.29, 1.82) is 0 Å². The van der Waals surface area contributed by atoms with E-state index in [9.17, 15) is 0 Å². The van der Waals surface area contributed by atoms with Gasteiger partial charge >= 0.3 is 0 Å². The summed E-state index contributed by atoms with van der Waals surface area (Å²) in [6, 6.07) is 9.66. The Hall–Kier alpha value is -1.02. The molecule has 1 fully saturated rings. The molecule has 1 saturated carbocycles. The minimum atomic E-state index is 0.491. The first-order chi connectivity index (χ1) is 8.83. The van der Waals surface area contributed by atoms with E-state index in [1.54, 1.807) is 0 Å². The first-order valence-electron chi connectivity index (χ1n) is 7.30. The van der Waals surface area contributed by atoms with Gasteiger partial charge in [-0.1, -0.05) is 38.0 Å². The summed E-state index contributed by atoms with van der Waals surface area (Å²) in [6.07, 6.45) is 6.55. The maximum absolute atomic E-state index is 5.72. The Balaban J connectivity index is 1.70. The highest BCUT2D eigenvalue weighted by atomic mass is 16.5. The Labute approximate surface area is 110 Å². The van der Waals surface area contributed by atoms with Crippen LogP contribution in [-0.4, -0.2) is 12.6 Å². The number of benzene rings is 1. The molecule has 0 aromatic heterocycles. The maximum Gasteiger partial charge on any atom is 0.124 e. The third-order valence-electron chi connectivity index (χ3n) is 4.33. The van der Waals surface area contributed by atoms with Crippen LogP contribution in [0.2, 0.25) is 0 Å². The lowest BCUT2D eigenvalue weighted by atomic mass is 9.86. The minimum absolute atomic E-state index is 0.491. The van der Waals surface area contributed by atoms with Gasteiger partial charge in [0.05, 0.1) is 6.61 Å². The molecule has 3 atom stereocenters. The summed E-state index contributed by atoms with van der Waals surface area (Å²) < 4.78 is 5.72. The number of ether oxygens (including phenoxy) is 1. The molecule has 0 bridgehead atoms. The van der Waals surface area contributed by atoms with Gasteiger partial charge in [0.25, 0.3) is 0 Å². The van der Waals surface area contributed by atoms with E-state index in [-0.39, 0.29) is 0 Å². The lowest BCUT2D eigenvalue weighted by Gasteiger charge is -2.34. The lowest BCUT2D eigenvalue weighted by molar-refractivity contribution is 0.221. The van der Waals surface area contributed by atoms with Gasteiger partial charge in [-0.15, -0.1) is 0 Å². The fraction of sp³-hybridized carbons (Fsp3) is 0.625. The highest BCUT2D eigenvalue weighted by molar-refractivity contribution is 5.37. The number of rotatable bonds is 2. The van der Waals surface area contributed by atoms with Crippen LogP contribution in [-0.2, 0) is 0 Å². The maximum atomic E-state index is 5.72. The normalized spacial score (nSPS) is 31.5. The van der Waals surface area contributed by atoms with Crippen LogP contribution in [0.15, 0.2) is 24.3 Å². The molecule has 3 rings (SSSR count). The smallest absolute Gasteiger partial charge is 0.124 e. The first kappa shape index (κ1) is 12.0. The Bertz CT molecular complexity index is 404. The molecule has 0 spiro atoms. The van der Waals surface area contributed by atoms with Crippen LogP contribution in [0, 0.1) is 5.92 Å². The molecule has 1 aliphatic carbocycles. The quantitative estimate of drug-likeness (QED) is 0.858. The van der Waals surface area contributed by atoms with E-state index in [0.29, 0.717) is 12.1 Å². The van der Waals surface area contributed by atoms with Crippen molar-refractivity contribution in [2.24, 2.45) is 5.92 Å². The molecule has 2 nitrogen and oxygen atoms in total. The summed E-state index contributed by atoms with van der Waals surface area (Å²) in [5.74, 6) is 1.96. The second-order valence-electron chi connectivity index (χ2n) is 5.86. The minimum Gasteiger partial charge on any atom is -0.493 e. The monoisotopic (exact) mass is 245 g/mol. The summed E-state index contributed by atoms with van der Waals surface area (Å²) in [5.41, 5.74) is 1.35. The lowest BCUT2D eigenvalue weighted by Crippen LogP contribution is -2.38. The Morgan fingerprint density at radius 3 is 2.94 bits per heavy atom. The average Bonchev–Trinajstić information content (AvgIpc) is 2.39.